The molecule has 0 spiro atoms. The lowest BCUT2D eigenvalue weighted by molar-refractivity contribution is 0.157. The van der Waals surface area contributed by atoms with Crippen LogP contribution in [0.5, 0.6) is 28.7 Å². The summed E-state index contributed by atoms with van der Waals surface area (Å²) in [5.74, 6) is -2.05. The zero-order chi connectivity index (χ0) is 25.8. The van der Waals surface area contributed by atoms with Crippen LogP contribution in [-0.2, 0) is 12.8 Å². The first kappa shape index (κ1) is 24.3. The molecule has 0 saturated carbocycles. The van der Waals surface area contributed by atoms with Crippen LogP contribution >= 0.6 is 0 Å². The Bertz CT molecular complexity index is 1520. The molecule has 0 aliphatic carbocycles. The number of phenolic OH excluding ortho intramolecular Hbond substituents is 4. The molecule has 2 heterocycles. The second-order valence-corrected chi connectivity index (χ2v) is 9.94. The number of rotatable bonds is 4. The smallest absolute Gasteiger partial charge is 0.205 e. The van der Waals surface area contributed by atoms with Gasteiger partial charge in [-0.15, -0.1) is 0 Å². The van der Waals surface area contributed by atoms with E-state index in [1.54, 1.807) is 18.2 Å². The molecule has 0 unspecified atom stereocenters. The molecule has 0 atom stereocenters. The molecule has 7 heteroatoms. The van der Waals surface area contributed by atoms with E-state index < -0.39 is 28.3 Å². The highest BCUT2D eigenvalue weighted by atomic mass is 16.5. The second-order valence-electron chi connectivity index (χ2n) is 9.94. The van der Waals surface area contributed by atoms with Gasteiger partial charge in [-0.1, -0.05) is 23.3 Å². The van der Waals surface area contributed by atoms with Gasteiger partial charge in [0.05, 0.1) is 10.9 Å². The van der Waals surface area contributed by atoms with E-state index in [1.165, 1.54) is 0 Å². The molecule has 0 bridgehead atoms. The highest BCUT2D eigenvalue weighted by Crippen LogP contribution is 2.49. The van der Waals surface area contributed by atoms with Gasteiger partial charge in [0.15, 0.2) is 11.3 Å². The number of allylic oxidation sites excluding steroid dienone is 4. The fourth-order valence-corrected chi connectivity index (χ4v) is 4.24. The average molecular weight is 479 g/mol. The normalized spacial score (nSPS) is 14.0. The van der Waals surface area contributed by atoms with Crippen LogP contribution in [0.4, 0.5) is 0 Å². The average Bonchev–Trinajstić information content (AvgIpc) is 2.76. The lowest BCUT2D eigenvalue weighted by atomic mass is 9.93. The van der Waals surface area contributed by atoms with Crippen LogP contribution < -0.4 is 10.2 Å². The zero-order valence-corrected chi connectivity index (χ0v) is 20.7. The summed E-state index contributed by atoms with van der Waals surface area (Å²) in [5.41, 5.74) is 1.46. The third-order valence-corrected chi connectivity index (χ3v) is 6.09. The maximum Gasteiger partial charge on any atom is 0.205 e. The first-order chi connectivity index (χ1) is 16.3. The van der Waals surface area contributed by atoms with Crippen molar-refractivity contribution in [3.05, 3.63) is 56.3 Å². The van der Waals surface area contributed by atoms with Crippen molar-refractivity contribution in [2.75, 3.05) is 0 Å². The van der Waals surface area contributed by atoms with Gasteiger partial charge in [-0.25, -0.2) is 0 Å². The maximum absolute atomic E-state index is 13.9. The SMILES string of the molecule is CC(C)=CCc1c2c(c(O)c3c(=O)c4c(CC=C(C)C)c(O)c(O)c(O)c4oc13)C=CC(C)(C)O2. The van der Waals surface area contributed by atoms with Crippen molar-refractivity contribution in [3.63, 3.8) is 0 Å². The third-order valence-electron chi connectivity index (χ3n) is 6.09. The molecule has 1 aliphatic heterocycles. The Morgan fingerprint density at radius 3 is 2.03 bits per heavy atom. The minimum Gasteiger partial charge on any atom is -0.506 e. The van der Waals surface area contributed by atoms with Crippen LogP contribution in [0, 0.1) is 0 Å². The van der Waals surface area contributed by atoms with Crippen LogP contribution in [0.2, 0.25) is 0 Å². The van der Waals surface area contributed by atoms with Crippen LogP contribution in [0.1, 0.15) is 58.2 Å². The third kappa shape index (κ3) is 4.01. The lowest BCUT2D eigenvalue weighted by Gasteiger charge is -2.30. The largest absolute Gasteiger partial charge is 0.506 e. The first-order valence-corrected chi connectivity index (χ1v) is 11.4. The van der Waals surface area contributed by atoms with E-state index in [0.29, 0.717) is 23.3 Å². The van der Waals surface area contributed by atoms with E-state index >= 15 is 0 Å². The van der Waals surface area contributed by atoms with Gasteiger partial charge in [-0.05, 0) is 66.5 Å². The van der Waals surface area contributed by atoms with Crippen molar-refractivity contribution in [1.29, 1.82) is 0 Å². The molecule has 0 saturated heterocycles. The quantitative estimate of drug-likeness (QED) is 0.207. The summed E-state index contributed by atoms with van der Waals surface area (Å²) in [6.07, 6.45) is 7.69. The fraction of sp³-hybridized carbons (Fsp3) is 0.321. The van der Waals surface area contributed by atoms with Crippen molar-refractivity contribution >= 4 is 28.0 Å². The molecule has 0 radical (unpaired) electrons. The molecule has 1 aromatic heterocycles. The number of hydrogen-bond acceptors (Lipinski definition) is 7. The highest BCUT2D eigenvalue weighted by Gasteiger charge is 2.32. The van der Waals surface area contributed by atoms with Gasteiger partial charge in [0, 0.05) is 11.1 Å². The highest BCUT2D eigenvalue weighted by molar-refractivity contribution is 6.03. The lowest BCUT2D eigenvalue weighted by Crippen LogP contribution is -2.28. The standard InChI is InChI=1S/C28H30O7/c1-13(2)7-9-15-18-22(31)19-20(29)16-11-12-28(5,6)35-25(16)17(10-8-14(3)4)26(19)34-27(18)24(33)23(32)21(15)30/h7-8,11-12,29-30,32-33H,9-10H2,1-6H3. The number of ether oxygens (including phenoxy) is 1. The molecule has 7 nitrogen and oxygen atoms in total. The summed E-state index contributed by atoms with van der Waals surface area (Å²) in [5, 5.41) is 42.7. The molecule has 35 heavy (non-hydrogen) atoms. The van der Waals surface area contributed by atoms with Gasteiger partial charge in [0.2, 0.25) is 16.9 Å². The van der Waals surface area contributed by atoms with Crippen molar-refractivity contribution in [2.24, 2.45) is 0 Å². The molecule has 0 amide bonds. The Labute approximate surface area is 202 Å². The predicted molar refractivity (Wildman–Crippen MR) is 137 cm³/mol. The topological polar surface area (TPSA) is 120 Å². The summed E-state index contributed by atoms with van der Waals surface area (Å²) in [7, 11) is 0. The number of aromatic hydroxyl groups is 4. The van der Waals surface area contributed by atoms with Crippen molar-refractivity contribution < 1.29 is 29.6 Å². The molecule has 2 aromatic carbocycles. The maximum atomic E-state index is 13.9. The molecule has 3 aromatic rings. The van der Waals surface area contributed by atoms with Crippen LogP contribution in [0.15, 0.2) is 38.6 Å². The molecule has 1 aliphatic rings. The number of benzene rings is 2. The fourth-order valence-electron chi connectivity index (χ4n) is 4.24. The van der Waals surface area contributed by atoms with E-state index in [2.05, 4.69) is 0 Å². The van der Waals surface area contributed by atoms with Crippen LogP contribution in [0.25, 0.3) is 28.0 Å². The van der Waals surface area contributed by atoms with Crippen molar-refractivity contribution in [2.45, 2.75) is 60.0 Å². The number of phenols is 4. The van der Waals surface area contributed by atoms with Gasteiger partial charge in [-0.2, -0.15) is 0 Å². The van der Waals surface area contributed by atoms with Gasteiger partial charge in [-0.3, -0.25) is 4.79 Å². The van der Waals surface area contributed by atoms with Crippen LogP contribution in [-0.4, -0.2) is 26.0 Å². The predicted octanol–water partition coefficient (Wildman–Crippen LogP) is 5.97. The summed E-state index contributed by atoms with van der Waals surface area (Å²) >= 11 is 0. The van der Waals surface area contributed by atoms with Gasteiger partial charge >= 0.3 is 0 Å². The molecular formula is C28H30O7. The monoisotopic (exact) mass is 478 g/mol. The molecular weight excluding hydrogens is 448 g/mol. The van der Waals surface area contributed by atoms with E-state index in [-0.39, 0.29) is 39.7 Å². The Balaban J connectivity index is 2.24. The molecule has 4 rings (SSSR count). The Hall–Kier alpha value is -3.87. The summed E-state index contributed by atoms with van der Waals surface area (Å²) in [4.78, 5) is 13.9. The minimum absolute atomic E-state index is 0.0518. The Kier molecular flexibility index (Phi) is 5.83. The summed E-state index contributed by atoms with van der Waals surface area (Å²) in [6.45, 7) is 11.3. The zero-order valence-electron chi connectivity index (χ0n) is 20.7. The second kappa shape index (κ2) is 8.41. The Morgan fingerprint density at radius 1 is 0.829 bits per heavy atom. The van der Waals surface area contributed by atoms with E-state index in [1.807, 2.05) is 47.6 Å². The van der Waals surface area contributed by atoms with Crippen molar-refractivity contribution in [1.82, 2.24) is 0 Å². The van der Waals surface area contributed by atoms with Gasteiger partial charge in [0.25, 0.3) is 0 Å². The van der Waals surface area contributed by atoms with Gasteiger partial charge < -0.3 is 29.6 Å². The number of hydrogen-bond donors (Lipinski definition) is 4. The first-order valence-electron chi connectivity index (χ1n) is 11.4. The Morgan fingerprint density at radius 2 is 1.43 bits per heavy atom. The summed E-state index contributed by atoms with van der Waals surface area (Å²) < 4.78 is 12.3. The van der Waals surface area contributed by atoms with Crippen LogP contribution in [0.3, 0.4) is 0 Å². The van der Waals surface area contributed by atoms with Gasteiger partial charge in [0.1, 0.15) is 28.1 Å². The van der Waals surface area contributed by atoms with Crippen molar-refractivity contribution in [3.8, 4) is 28.7 Å². The van der Waals surface area contributed by atoms with E-state index in [9.17, 15) is 25.2 Å². The molecule has 0 fully saturated rings. The van der Waals surface area contributed by atoms with E-state index in [4.69, 9.17) is 9.15 Å². The molecule has 4 N–H and O–H groups in total. The van der Waals surface area contributed by atoms with E-state index in [0.717, 1.165) is 11.1 Å². The summed E-state index contributed by atoms with van der Waals surface area (Å²) in [6, 6.07) is 0. The minimum atomic E-state index is -0.773. The number of fused-ring (bicyclic) bond motifs is 3. The molecule has 184 valence electrons.